The molecule has 0 saturated carbocycles. The van der Waals surface area contributed by atoms with Crippen LogP contribution in [0.2, 0.25) is 5.02 Å². The molecule has 126 valence electrons. The maximum Gasteiger partial charge on any atom is 0.252 e. The number of carbonyl (C=O) groups is 2. The molecular formula is C18H19ClN2O2S. The molecule has 2 rings (SSSR count). The molecule has 0 heterocycles. The van der Waals surface area contributed by atoms with E-state index in [4.69, 9.17) is 23.1 Å². The minimum absolute atomic E-state index is 0.166. The number of thioether (sulfide) groups is 1. The highest BCUT2D eigenvalue weighted by atomic mass is 35.5. The molecule has 4 nitrogen and oxygen atoms in total. The third-order valence-corrected chi connectivity index (χ3v) is 5.32. The predicted molar refractivity (Wildman–Crippen MR) is 99.1 cm³/mol. The zero-order valence-corrected chi connectivity index (χ0v) is 14.9. The molecule has 0 saturated heterocycles. The van der Waals surface area contributed by atoms with E-state index in [1.54, 1.807) is 48.5 Å². The van der Waals surface area contributed by atoms with Crippen molar-refractivity contribution in [1.29, 1.82) is 0 Å². The molecule has 0 aliphatic heterocycles. The van der Waals surface area contributed by atoms with Gasteiger partial charge in [0.25, 0.3) is 5.91 Å². The molecule has 0 fully saturated rings. The van der Waals surface area contributed by atoms with Gasteiger partial charge < -0.3 is 11.5 Å². The fraction of sp³-hybridized carbons (Fsp3) is 0.222. The fourth-order valence-electron chi connectivity index (χ4n) is 2.22. The molecule has 2 aromatic carbocycles. The van der Waals surface area contributed by atoms with Crippen LogP contribution in [0.1, 0.15) is 34.8 Å². The van der Waals surface area contributed by atoms with Gasteiger partial charge in [0.1, 0.15) is 0 Å². The summed E-state index contributed by atoms with van der Waals surface area (Å²) in [6.07, 6.45) is 0.861. The van der Waals surface area contributed by atoms with Crippen molar-refractivity contribution in [2.24, 2.45) is 11.5 Å². The van der Waals surface area contributed by atoms with Gasteiger partial charge in [-0.1, -0.05) is 36.7 Å². The number of ketones is 1. The van der Waals surface area contributed by atoms with E-state index in [9.17, 15) is 9.59 Å². The Morgan fingerprint density at radius 2 is 1.79 bits per heavy atom. The van der Waals surface area contributed by atoms with Gasteiger partial charge in [-0.2, -0.15) is 0 Å². The van der Waals surface area contributed by atoms with Crippen LogP contribution in [0.3, 0.4) is 0 Å². The molecule has 0 aliphatic rings. The van der Waals surface area contributed by atoms with Crippen molar-refractivity contribution in [3.05, 3.63) is 70.2 Å². The number of nitrogens with two attached hydrogens (primary N) is 2. The standard InChI is InChI=1S/C18H19ClN2O2S/c1-2-10-24-18(21,17(20)23)14-5-3-4-13(11-14)16(22)12-6-8-15(19)9-7-12/h3-9,11H,2,10,21H2,1H3,(H2,20,23). The molecule has 0 bridgehead atoms. The molecule has 0 aromatic heterocycles. The normalized spacial score (nSPS) is 13.3. The SMILES string of the molecule is CCCSC(N)(C(N)=O)c1cccc(C(=O)c2ccc(Cl)cc2)c1. The smallest absolute Gasteiger partial charge is 0.252 e. The lowest BCUT2D eigenvalue weighted by Crippen LogP contribution is -2.46. The molecule has 2 aromatic rings. The Hall–Kier alpha value is -1.82. The van der Waals surface area contributed by atoms with Gasteiger partial charge in [-0.05, 0) is 48.1 Å². The summed E-state index contributed by atoms with van der Waals surface area (Å²) in [4.78, 5) is 23.2. The summed E-state index contributed by atoms with van der Waals surface area (Å²) in [6.45, 7) is 1.99. The van der Waals surface area contributed by atoms with Gasteiger partial charge in [0.05, 0.1) is 0 Å². The van der Waals surface area contributed by atoms with Gasteiger partial charge in [0.15, 0.2) is 10.7 Å². The average molecular weight is 363 g/mol. The van der Waals surface area contributed by atoms with Crippen LogP contribution in [0.15, 0.2) is 48.5 Å². The maximum absolute atomic E-state index is 12.6. The third kappa shape index (κ3) is 3.98. The van der Waals surface area contributed by atoms with Crippen LogP contribution >= 0.6 is 23.4 Å². The van der Waals surface area contributed by atoms with Crippen LogP contribution in [-0.2, 0) is 9.67 Å². The Morgan fingerprint density at radius 3 is 2.38 bits per heavy atom. The third-order valence-electron chi connectivity index (χ3n) is 3.56. The molecule has 0 radical (unpaired) electrons. The van der Waals surface area contributed by atoms with Gasteiger partial charge in [0, 0.05) is 16.1 Å². The number of hydrogen-bond acceptors (Lipinski definition) is 4. The first kappa shape index (κ1) is 18.5. The van der Waals surface area contributed by atoms with E-state index in [0.29, 0.717) is 27.5 Å². The summed E-state index contributed by atoms with van der Waals surface area (Å²) in [5.41, 5.74) is 13.2. The van der Waals surface area contributed by atoms with Gasteiger partial charge in [-0.25, -0.2) is 0 Å². The lowest BCUT2D eigenvalue weighted by Gasteiger charge is -2.26. The molecule has 1 atom stereocenters. The molecular weight excluding hydrogens is 344 g/mol. The van der Waals surface area contributed by atoms with Crippen molar-refractivity contribution in [3.8, 4) is 0 Å². The Morgan fingerprint density at radius 1 is 1.12 bits per heavy atom. The monoisotopic (exact) mass is 362 g/mol. The number of hydrogen-bond donors (Lipinski definition) is 2. The first-order chi connectivity index (χ1) is 11.4. The summed E-state index contributed by atoms with van der Waals surface area (Å²) in [5, 5.41) is 0.561. The van der Waals surface area contributed by atoms with E-state index in [-0.39, 0.29) is 5.78 Å². The zero-order chi connectivity index (χ0) is 17.7. The molecule has 0 spiro atoms. The number of carbonyl (C=O) groups excluding carboxylic acids is 2. The zero-order valence-electron chi connectivity index (χ0n) is 13.3. The average Bonchev–Trinajstić information content (AvgIpc) is 2.59. The van der Waals surface area contributed by atoms with E-state index in [2.05, 4.69) is 0 Å². The second-order valence-electron chi connectivity index (χ2n) is 5.37. The minimum Gasteiger partial charge on any atom is -0.367 e. The Balaban J connectivity index is 2.38. The number of halogens is 1. The lowest BCUT2D eigenvalue weighted by atomic mass is 9.98. The van der Waals surface area contributed by atoms with E-state index < -0.39 is 10.8 Å². The summed E-state index contributed by atoms with van der Waals surface area (Å²) < 4.78 is 0. The van der Waals surface area contributed by atoms with Crippen LogP contribution in [0.5, 0.6) is 0 Å². The second kappa shape index (κ2) is 7.83. The molecule has 6 heteroatoms. The summed E-state index contributed by atoms with van der Waals surface area (Å²) in [6, 6.07) is 13.4. The highest BCUT2D eigenvalue weighted by Gasteiger charge is 2.34. The summed E-state index contributed by atoms with van der Waals surface area (Å²) in [7, 11) is 0. The number of amides is 1. The van der Waals surface area contributed by atoms with Gasteiger partial charge in [-0.3, -0.25) is 9.59 Å². The quantitative estimate of drug-likeness (QED) is 0.584. The molecule has 0 aliphatic carbocycles. The molecule has 1 unspecified atom stereocenters. The topological polar surface area (TPSA) is 86.2 Å². The van der Waals surface area contributed by atoms with E-state index in [0.717, 1.165) is 6.42 Å². The molecule has 1 amide bonds. The van der Waals surface area contributed by atoms with E-state index >= 15 is 0 Å². The first-order valence-electron chi connectivity index (χ1n) is 7.52. The minimum atomic E-state index is -1.35. The van der Waals surface area contributed by atoms with Crippen LogP contribution < -0.4 is 11.5 Å². The summed E-state index contributed by atoms with van der Waals surface area (Å²) >= 11 is 7.13. The van der Waals surface area contributed by atoms with Crippen molar-refractivity contribution in [3.63, 3.8) is 0 Å². The first-order valence-corrected chi connectivity index (χ1v) is 8.88. The van der Waals surface area contributed by atoms with Crippen LogP contribution in [0.25, 0.3) is 0 Å². The van der Waals surface area contributed by atoms with Gasteiger partial charge in [-0.15, -0.1) is 11.8 Å². The van der Waals surface area contributed by atoms with Crippen LogP contribution in [0, 0.1) is 0 Å². The highest BCUT2D eigenvalue weighted by Crippen LogP contribution is 2.32. The second-order valence-corrected chi connectivity index (χ2v) is 7.14. The van der Waals surface area contributed by atoms with Crippen LogP contribution in [-0.4, -0.2) is 17.4 Å². The number of benzene rings is 2. The largest absolute Gasteiger partial charge is 0.367 e. The summed E-state index contributed by atoms with van der Waals surface area (Å²) in [5.74, 6) is -0.104. The van der Waals surface area contributed by atoms with Crippen molar-refractivity contribution in [2.45, 2.75) is 18.2 Å². The van der Waals surface area contributed by atoms with Crippen molar-refractivity contribution in [1.82, 2.24) is 0 Å². The Bertz CT molecular complexity index is 749. The van der Waals surface area contributed by atoms with Crippen molar-refractivity contribution < 1.29 is 9.59 Å². The van der Waals surface area contributed by atoms with Crippen LogP contribution in [0.4, 0.5) is 0 Å². The Labute approximate surface area is 150 Å². The van der Waals surface area contributed by atoms with E-state index in [1.807, 2.05) is 6.92 Å². The predicted octanol–water partition coefficient (Wildman–Crippen LogP) is 3.31. The van der Waals surface area contributed by atoms with Gasteiger partial charge >= 0.3 is 0 Å². The fourth-order valence-corrected chi connectivity index (χ4v) is 3.31. The van der Waals surface area contributed by atoms with Crippen molar-refractivity contribution >= 4 is 35.1 Å². The Kier molecular flexibility index (Phi) is 6.04. The molecule has 24 heavy (non-hydrogen) atoms. The number of primary amides is 1. The van der Waals surface area contributed by atoms with Gasteiger partial charge in [0.2, 0.25) is 0 Å². The lowest BCUT2D eigenvalue weighted by molar-refractivity contribution is -0.120. The highest BCUT2D eigenvalue weighted by molar-refractivity contribution is 8.00. The number of rotatable bonds is 7. The molecule has 4 N–H and O–H groups in total. The van der Waals surface area contributed by atoms with E-state index in [1.165, 1.54) is 11.8 Å². The maximum atomic E-state index is 12.6. The van der Waals surface area contributed by atoms with Crippen molar-refractivity contribution in [2.75, 3.05) is 5.75 Å².